The van der Waals surface area contributed by atoms with Crippen molar-refractivity contribution in [3.8, 4) is 0 Å². The second-order valence-electron chi connectivity index (χ2n) is 3.54. The lowest BCUT2D eigenvalue weighted by Crippen LogP contribution is -2.23. The standard InChI is InChI=1S/C11H11F3N2O2/c1-3-6-16(2)9-7(10(17)18)4-5-8(15-9)11(12,13)14/h3-5H,1,6H2,2H3,(H,17,18). The monoisotopic (exact) mass is 260 g/mol. The van der Waals surface area contributed by atoms with Crippen LogP contribution in [0.1, 0.15) is 16.1 Å². The fraction of sp³-hybridized carbons (Fsp3) is 0.273. The van der Waals surface area contributed by atoms with Gasteiger partial charge in [0.1, 0.15) is 17.1 Å². The predicted octanol–water partition coefficient (Wildman–Crippen LogP) is 2.42. The summed E-state index contributed by atoms with van der Waals surface area (Å²) in [7, 11) is 1.44. The summed E-state index contributed by atoms with van der Waals surface area (Å²) in [4.78, 5) is 15.6. The molecule has 0 saturated carbocycles. The Kier molecular flexibility index (Phi) is 3.95. The third-order valence-electron chi connectivity index (χ3n) is 2.16. The second-order valence-corrected chi connectivity index (χ2v) is 3.54. The highest BCUT2D eigenvalue weighted by atomic mass is 19.4. The molecule has 0 unspecified atom stereocenters. The van der Waals surface area contributed by atoms with Gasteiger partial charge < -0.3 is 10.0 Å². The number of carbonyl (C=O) groups is 1. The number of aromatic nitrogens is 1. The highest BCUT2D eigenvalue weighted by Crippen LogP contribution is 2.30. The van der Waals surface area contributed by atoms with Crippen molar-refractivity contribution in [1.29, 1.82) is 0 Å². The number of carboxylic acids is 1. The minimum atomic E-state index is -4.61. The smallest absolute Gasteiger partial charge is 0.433 e. The maximum Gasteiger partial charge on any atom is 0.433 e. The van der Waals surface area contributed by atoms with Crippen LogP contribution in [0.3, 0.4) is 0 Å². The molecule has 0 spiro atoms. The first-order valence-corrected chi connectivity index (χ1v) is 4.91. The Bertz CT molecular complexity index is 472. The van der Waals surface area contributed by atoms with Crippen LogP contribution < -0.4 is 4.90 Å². The topological polar surface area (TPSA) is 53.4 Å². The molecule has 1 heterocycles. The second kappa shape index (κ2) is 5.07. The van der Waals surface area contributed by atoms with Crippen molar-refractivity contribution in [1.82, 2.24) is 4.98 Å². The van der Waals surface area contributed by atoms with Gasteiger partial charge in [-0.05, 0) is 12.1 Å². The molecule has 7 heteroatoms. The van der Waals surface area contributed by atoms with Gasteiger partial charge in [-0.15, -0.1) is 6.58 Å². The Hall–Kier alpha value is -2.05. The largest absolute Gasteiger partial charge is 0.478 e. The quantitative estimate of drug-likeness (QED) is 0.845. The molecule has 0 aliphatic carbocycles. The van der Waals surface area contributed by atoms with E-state index in [2.05, 4.69) is 11.6 Å². The van der Waals surface area contributed by atoms with Gasteiger partial charge in [0, 0.05) is 13.6 Å². The zero-order valence-electron chi connectivity index (χ0n) is 9.53. The van der Waals surface area contributed by atoms with Gasteiger partial charge in [-0.25, -0.2) is 9.78 Å². The summed E-state index contributed by atoms with van der Waals surface area (Å²) in [6.45, 7) is 3.62. The molecular formula is C11H11F3N2O2. The highest BCUT2D eigenvalue weighted by molar-refractivity contribution is 5.93. The molecule has 1 N–H and O–H groups in total. The van der Waals surface area contributed by atoms with Gasteiger partial charge in [-0.2, -0.15) is 13.2 Å². The number of hydrogen-bond acceptors (Lipinski definition) is 3. The predicted molar refractivity (Wildman–Crippen MR) is 59.7 cm³/mol. The summed E-state index contributed by atoms with van der Waals surface area (Å²) < 4.78 is 37.5. The van der Waals surface area contributed by atoms with Crippen molar-refractivity contribution < 1.29 is 23.1 Å². The lowest BCUT2D eigenvalue weighted by atomic mass is 10.2. The Balaban J connectivity index is 3.32. The first-order valence-electron chi connectivity index (χ1n) is 4.91. The van der Waals surface area contributed by atoms with Gasteiger partial charge in [-0.3, -0.25) is 0 Å². The molecule has 0 atom stereocenters. The van der Waals surface area contributed by atoms with Crippen LogP contribution in [0.25, 0.3) is 0 Å². The minimum Gasteiger partial charge on any atom is -0.478 e. The highest BCUT2D eigenvalue weighted by Gasteiger charge is 2.33. The molecule has 0 radical (unpaired) electrons. The number of hydrogen-bond donors (Lipinski definition) is 1. The van der Waals surface area contributed by atoms with Crippen molar-refractivity contribution in [3.63, 3.8) is 0 Å². The van der Waals surface area contributed by atoms with Gasteiger partial charge in [-0.1, -0.05) is 6.08 Å². The van der Waals surface area contributed by atoms with E-state index in [1.807, 2.05) is 0 Å². The molecule has 4 nitrogen and oxygen atoms in total. The van der Waals surface area contributed by atoms with Crippen LogP contribution >= 0.6 is 0 Å². The molecule has 1 rings (SSSR count). The van der Waals surface area contributed by atoms with Crippen LogP contribution in [0.2, 0.25) is 0 Å². The molecule has 0 fully saturated rings. The average Bonchev–Trinajstić information content (AvgIpc) is 2.27. The van der Waals surface area contributed by atoms with E-state index in [1.54, 1.807) is 0 Å². The van der Waals surface area contributed by atoms with Crippen molar-refractivity contribution in [3.05, 3.63) is 36.0 Å². The number of halogens is 3. The van der Waals surface area contributed by atoms with Crippen LogP contribution in [0, 0.1) is 0 Å². The van der Waals surface area contributed by atoms with E-state index < -0.39 is 17.8 Å². The van der Waals surface area contributed by atoms with Gasteiger partial charge in [0.25, 0.3) is 0 Å². The third kappa shape index (κ3) is 2.99. The van der Waals surface area contributed by atoms with E-state index in [4.69, 9.17) is 5.11 Å². The molecule has 1 aromatic heterocycles. The number of anilines is 1. The van der Waals surface area contributed by atoms with E-state index in [-0.39, 0.29) is 17.9 Å². The summed E-state index contributed by atoms with van der Waals surface area (Å²) in [6.07, 6.45) is -3.17. The van der Waals surface area contributed by atoms with Gasteiger partial charge in [0.15, 0.2) is 0 Å². The van der Waals surface area contributed by atoms with Crippen LogP contribution in [0.4, 0.5) is 19.0 Å². The van der Waals surface area contributed by atoms with E-state index >= 15 is 0 Å². The van der Waals surface area contributed by atoms with E-state index in [0.717, 1.165) is 6.07 Å². The van der Waals surface area contributed by atoms with Crippen LogP contribution in [0.15, 0.2) is 24.8 Å². The Morgan fingerprint density at radius 3 is 2.61 bits per heavy atom. The van der Waals surface area contributed by atoms with E-state index in [9.17, 15) is 18.0 Å². The molecule has 0 aromatic carbocycles. The summed E-state index contributed by atoms with van der Waals surface area (Å²) in [5.74, 6) is -1.57. The van der Waals surface area contributed by atoms with Crippen molar-refractivity contribution in [2.24, 2.45) is 0 Å². The maximum atomic E-state index is 12.5. The first-order chi connectivity index (χ1) is 8.27. The normalized spacial score (nSPS) is 11.1. The number of rotatable bonds is 4. The van der Waals surface area contributed by atoms with Crippen LogP contribution in [-0.2, 0) is 6.18 Å². The fourth-order valence-corrected chi connectivity index (χ4v) is 1.34. The summed E-state index contributed by atoms with van der Waals surface area (Å²) >= 11 is 0. The summed E-state index contributed by atoms with van der Waals surface area (Å²) in [5.41, 5.74) is -1.41. The maximum absolute atomic E-state index is 12.5. The Morgan fingerprint density at radius 2 is 2.17 bits per heavy atom. The molecule has 0 aliphatic heterocycles. The van der Waals surface area contributed by atoms with Crippen molar-refractivity contribution >= 4 is 11.8 Å². The molecule has 0 amide bonds. The number of carboxylic acid groups (broad SMARTS) is 1. The van der Waals surface area contributed by atoms with Gasteiger partial charge in [0.05, 0.1) is 0 Å². The lowest BCUT2D eigenvalue weighted by molar-refractivity contribution is -0.141. The Morgan fingerprint density at radius 1 is 1.56 bits per heavy atom. The Labute approximate surface area is 101 Å². The zero-order valence-corrected chi connectivity index (χ0v) is 9.53. The average molecular weight is 260 g/mol. The SMILES string of the molecule is C=CCN(C)c1nc(C(F)(F)F)ccc1C(=O)O. The number of nitrogens with zero attached hydrogens (tertiary/aromatic N) is 2. The van der Waals surface area contributed by atoms with Crippen LogP contribution in [-0.4, -0.2) is 29.7 Å². The molecule has 1 aromatic rings. The van der Waals surface area contributed by atoms with E-state index in [1.165, 1.54) is 18.0 Å². The number of pyridine rings is 1. The lowest BCUT2D eigenvalue weighted by Gasteiger charge is -2.19. The molecule has 0 bridgehead atoms. The van der Waals surface area contributed by atoms with Crippen LogP contribution in [0.5, 0.6) is 0 Å². The molecule has 98 valence electrons. The minimum absolute atomic E-state index is 0.189. The molecule has 0 aliphatic rings. The zero-order chi connectivity index (χ0) is 13.9. The number of likely N-dealkylation sites (N-methyl/N-ethyl adjacent to an activating group) is 1. The summed E-state index contributed by atoms with van der Waals surface area (Å²) in [6, 6.07) is 1.54. The number of aromatic carboxylic acids is 1. The van der Waals surface area contributed by atoms with Gasteiger partial charge >= 0.3 is 12.1 Å². The van der Waals surface area contributed by atoms with Gasteiger partial charge in [0.2, 0.25) is 0 Å². The third-order valence-corrected chi connectivity index (χ3v) is 2.16. The molecule has 18 heavy (non-hydrogen) atoms. The van der Waals surface area contributed by atoms with Crippen molar-refractivity contribution in [2.75, 3.05) is 18.5 Å². The molecular weight excluding hydrogens is 249 g/mol. The molecule has 0 saturated heterocycles. The van der Waals surface area contributed by atoms with E-state index in [0.29, 0.717) is 6.07 Å². The van der Waals surface area contributed by atoms with Crippen molar-refractivity contribution in [2.45, 2.75) is 6.18 Å². The first kappa shape index (κ1) is 14.0. The summed E-state index contributed by atoms with van der Waals surface area (Å²) in [5, 5.41) is 8.90. The fourth-order valence-electron chi connectivity index (χ4n) is 1.34. The number of alkyl halides is 3.